The number of nitrogens with one attached hydrogen (secondary N) is 5. The first-order valence-electron chi connectivity index (χ1n) is 21.9. The zero-order chi connectivity index (χ0) is 42.9. The Morgan fingerprint density at radius 3 is 2.27 bits per heavy atom. The molecule has 60 heavy (non-hydrogen) atoms. The van der Waals surface area contributed by atoms with Gasteiger partial charge in [0.25, 0.3) is 5.91 Å². The van der Waals surface area contributed by atoms with Gasteiger partial charge in [-0.1, -0.05) is 74.9 Å². The first-order valence-corrected chi connectivity index (χ1v) is 21.9. The Kier molecular flexibility index (Phi) is 18.2. The van der Waals surface area contributed by atoms with Gasteiger partial charge in [-0.3, -0.25) is 24.0 Å². The fourth-order valence-electron chi connectivity index (χ4n) is 8.58. The van der Waals surface area contributed by atoms with Crippen molar-refractivity contribution < 1.29 is 43.3 Å². The molecule has 6 amide bonds. The van der Waals surface area contributed by atoms with E-state index in [-0.39, 0.29) is 31.6 Å². The highest BCUT2D eigenvalue weighted by molar-refractivity contribution is 5.95. The molecule has 5 atom stereocenters. The van der Waals surface area contributed by atoms with Crippen molar-refractivity contribution in [3.05, 3.63) is 42.5 Å². The second-order valence-electron chi connectivity index (χ2n) is 16.5. The molecule has 2 aromatic rings. The smallest absolute Gasteiger partial charge is 0.407 e. The van der Waals surface area contributed by atoms with Crippen LogP contribution in [0, 0.1) is 5.92 Å². The van der Waals surface area contributed by atoms with Crippen LogP contribution in [-0.2, 0) is 28.7 Å². The fourth-order valence-corrected chi connectivity index (χ4v) is 8.58. The number of nitrogens with zero attached hydrogens (tertiary/aromatic N) is 1. The van der Waals surface area contributed by atoms with Gasteiger partial charge in [-0.25, -0.2) is 4.79 Å². The summed E-state index contributed by atoms with van der Waals surface area (Å²) in [4.78, 5) is 81.8. The van der Waals surface area contributed by atoms with Crippen LogP contribution in [0.2, 0.25) is 0 Å². The zero-order valence-electron chi connectivity index (χ0n) is 35.0. The molecule has 1 heterocycles. The molecule has 0 aromatic heterocycles. The molecular formula is C44H65N7O9. The molecule has 5 rings (SSSR count). The summed E-state index contributed by atoms with van der Waals surface area (Å²) in [6.07, 6.45) is 10.2. The molecule has 0 bridgehead atoms. The first-order chi connectivity index (χ1) is 29.0. The Morgan fingerprint density at radius 1 is 0.817 bits per heavy atom. The van der Waals surface area contributed by atoms with Crippen LogP contribution in [-0.4, -0.2) is 115 Å². The maximum atomic E-state index is 13.9. The molecule has 0 radical (unpaired) electrons. The number of ether oxygens (including phenoxy) is 2. The summed E-state index contributed by atoms with van der Waals surface area (Å²) in [5.41, 5.74) is 5.73. The molecule has 3 fully saturated rings. The minimum Gasteiger partial charge on any atom is -0.483 e. The third-order valence-electron chi connectivity index (χ3n) is 11.9. The molecule has 0 spiro atoms. The topological polar surface area (TPSA) is 231 Å². The summed E-state index contributed by atoms with van der Waals surface area (Å²) >= 11 is 0. The summed E-state index contributed by atoms with van der Waals surface area (Å²) in [7, 11) is 0. The quantitative estimate of drug-likeness (QED) is 0.0965. The van der Waals surface area contributed by atoms with E-state index in [9.17, 15) is 33.9 Å². The second kappa shape index (κ2) is 23.7. The van der Waals surface area contributed by atoms with Crippen molar-refractivity contribution in [1.82, 2.24) is 31.5 Å². The number of hydrogen-bond acceptors (Lipinski definition) is 10. The lowest BCUT2D eigenvalue weighted by molar-refractivity contribution is -0.140. The molecule has 1 saturated heterocycles. The Hall–Kier alpha value is -4.96. The van der Waals surface area contributed by atoms with Crippen molar-refractivity contribution in [3.8, 4) is 5.75 Å². The van der Waals surface area contributed by atoms with E-state index in [0.717, 1.165) is 62.1 Å². The second-order valence-corrected chi connectivity index (χ2v) is 16.5. The normalized spacial score (nSPS) is 19.3. The van der Waals surface area contributed by atoms with Gasteiger partial charge in [-0.2, -0.15) is 0 Å². The minimum atomic E-state index is -1.30. The van der Waals surface area contributed by atoms with Crippen LogP contribution in [0.1, 0.15) is 103 Å². The van der Waals surface area contributed by atoms with Crippen LogP contribution >= 0.6 is 0 Å². The molecule has 2 aromatic carbocycles. The van der Waals surface area contributed by atoms with E-state index < -0.39 is 72.4 Å². The van der Waals surface area contributed by atoms with Gasteiger partial charge in [0, 0.05) is 18.0 Å². The number of aliphatic hydroxyl groups is 1. The van der Waals surface area contributed by atoms with Gasteiger partial charge in [0.2, 0.25) is 23.6 Å². The third-order valence-corrected chi connectivity index (χ3v) is 11.9. The number of unbranched alkanes of at least 4 members (excludes halogenated alkanes) is 1. The van der Waals surface area contributed by atoms with E-state index in [4.69, 9.17) is 15.2 Å². The van der Waals surface area contributed by atoms with E-state index in [0.29, 0.717) is 57.4 Å². The highest BCUT2D eigenvalue weighted by Crippen LogP contribution is 2.28. The van der Waals surface area contributed by atoms with Gasteiger partial charge in [0.1, 0.15) is 30.5 Å². The van der Waals surface area contributed by atoms with Crippen molar-refractivity contribution in [2.24, 2.45) is 11.7 Å². The van der Waals surface area contributed by atoms with Gasteiger partial charge in [0.15, 0.2) is 6.61 Å². The molecule has 0 unspecified atom stereocenters. The minimum absolute atomic E-state index is 0.00839. The van der Waals surface area contributed by atoms with Crippen LogP contribution in [0.5, 0.6) is 5.75 Å². The fraction of sp³-hybridized carbons (Fsp3) is 0.636. The lowest BCUT2D eigenvalue weighted by atomic mass is 9.83. The van der Waals surface area contributed by atoms with E-state index >= 15 is 0 Å². The number of likely N-dealkylation sites (tertiary alicyclic amines) is 1. The maximum Gasteiger partial charge on any atom is 0.407 e. The van der Waals surface area contributed by atoms with Crippen molar-refractivity contribution in [2.75, 3.05) is 32.8 Å². The average molecular weight is 836 g/mol. The molecule has 2 aliphatic carbocycles. The van der Waals surface area contributed by atoms with Crippen molar-refractivity contribution >= 4 is 46.4 Å². The van der Waals surface area contributed by atoms with Gasteiger partial charge in [-0.15, -0.1) is 0 Å². The largest absolute Gasteiger partial charge is 0.483 e. The number of amides is 6. The number of alkyl carbamates (subject to hydrolysis) is 1. The van der Waals surface area contributed by atoms with E-state index in [1.165, 1.54) is 11.8 Å². The van der Waals surface area contributed by atoms with Gasteiger partial charge >= 0.3 is 6.09 Å². The Bertz CT molecular complexity index is 1740. The van der Waals surface area contributed by atoms with E-state index in [2.05, 4.69) is 26.6 Å². The van der Waals surface area contributed by atoms with Crippen LogP contribution in [0.25, 0.3) is 10.8 Å². The molecule has 16 nitrogen and oxygen atoms in total. The third kappa shape index (κ3) is 13.8. The van der Waals surface area contributed by atoms with E-state index in [1.807, 2.05) is 36.4 Å². The number of carbonyl (C=O) groups excluding carboxylic acids is 6. The summed E-state index contributed by atoms with van der Waals surface area (Å²) in [5, 5.41) is 26.2. The Morgan fingerprint density at radius 2 is 1.53 bits per heavy atom. The number of rotatable bonds is 20. The number of fused-ring (bicyclic) bond motifs is 1. The number of carbonyl (C=O) groups is 6. The maximum absolute atomic E-state index is 13.9. The molecule has 8 N–H and O–H groups in total. The van der Waals surface area contributed by atoms with Crippen LogP contribution in [0.3, 0.4) is 0 Å². The number of nitrogens with two attached hydrogens (primary N) is 1. The van der Waals surface area contributed by atoms with Crippen LogP contribution in [0.15, 0.2) is 42.5 Å². The predicted molar refractivity (Wildman–Crippen MR) is 225 cm³/mol. The summed E-state index contributed by atoms with van der Waals surface area (Å²) in [6, 6.07) is 9.63. The summed E-state index contributed by atoms with van der Waals surface area (Å²) < 4.78 is 11.4. The monoisotopic (exact) mass is 835 g/mol. The molecule has 330 valence electrons. The molecular weight excluding hydrogens is 771 g/mol. The van der Waals surface area contributed by atoms with E-state index in [1.54, 1.807) is 6.07 Å². The van der Waals surface area contributed by atoms with Crippen LogP contribution in [0.4, 0.5) is 4.79 Å². The molecule has 1 aliphatic heterocycles. The Balaban J connectivity index is 1.16. The highest BCUT2D eigenvalue weighted by atomic mass is 16.5. The first kappa shape index (κ1) is 46.1. The standard InChI is InChI=1S/C44H65N7O9/c1-29(52)39(43(57)51-25-13-20-33(51)27-60-44(58)47-32-18-6-3-7-19-32)49-37(53)26-46-42(56)40(31-15-4-2-5-16-31)50-41(55)35(22-10-11-24-45)48-38(54)28-59-36-23-12-17-30-14-8-9-21-34(30)36/h8-9,12,14,17,21,23,29,31-33,35,39-40,52H,2-7,10-11,13,15-16,18-20,22,24-28,45H2,1H3,(H,46,56)(H,47,58)(H,48,54)(H,49,53)(H,50,55)/t29-,33+,35+,39+,40+/m1/s1. The lowest BCUT2D eigenvalue weighted by Gasteiger charge is -2.32. The SMILES string of the molecule is C[C@@H](O)[C@H](NC(=O)CNC(=O)[C@@H](NC(=O)[C@H](CCCCN)NC(=O)COc1cccc2ccccc12)C1CCCCC1)C(=O)N1CCC[C@H]1COC(=O)NC1CCCCC1. The number of benzene rings is 2. The number of aliphatic hydroxyl groups excluding tert-OH is 1. The van der Waals surface area contributed by atoms with Crippen LogP contribution < -0.4 is 37.1 Å². The molecule has 2 saturated carbocycles. The van der Waals surface area contributed by atoms with Crippen molar-refractivity contribution in [2.45, 2.75) is 140 Å². The summed E-state index contributed by atoms with van der Waals surface area (Å²) in [5.74, 6) is -2.48. The highest BCUT2D eigenvalue weighted by Gasteiger charge is 2.38. The predicted octanol–water partition coefficient (Wildman–Crippen LogP) is 2.93. The zero-order valence-corrected chi connectivity index (χ0v) is 35.0. The molecule has 16 heteroatoms. The average Bonchev–Trinajstić information content (AvgIpc) is 3.74. The van der Waals surface area contributed by atoms with Crippen molar-refractivity contribution in [3.63, 3.8) is 0 Å². The van der Waals surface area contributed by atoms with Gasteiger partial charge in [0.05, 0.1) is 18.7 Å². The lowest BCUT2D eigenvalue weighted by Crippen LogP contribution is -2.59. The van der Waals surface area contributed by atoms with Gasteiger partial charge < -0.3 is 51.8 Å². The van der Waals surface area contributed by atoms with Crippen molar-refractivity contribution in [1.29, 1.82) is 0 Å². The molecule has 3 aliphatic rings. The number of hydrogen-bond donors (Lipinski definition) is 7. The van der Waals surface area contributed by atoms with Gasteiger partial charge in [-0.05, 0) is 88.6 Å². The summed E-state index contributed by atoms with van der Waals surface area (Å²) in [6.45, 7) is 1.34. The Labute approximate surface area is 352 Å².